The minimum Gasteiger partial charge on any atom is -0.453 e. The number of hydrogen-bond acceptors (Lipinski definition) is 5. The average molecular weight is 256 g/mol. The van der Waals surface area contributed by atoms with Gasteiger partial charge in [-0.15, -0.1) is 11.3 Å². The molecule has 0 radical (unpaired) electrons. The Kier molecular flexibility index (Phi) is 3.48. The molecule has 0 bridgehead atoms. The van der Waals surface area contributed by atoms with Crippen LogP contribution >= 0.6 is 11.3 Å². The maximum Gasteiger partial charge on any atom is 0.415 e. The molecule has 0 aliphatic carbocycles. The number of nitrogens with zero attached hydrogens (tertiary/aromatic N) is 1. The maximum absolute atomic E-state index is 11.6. The molecule has 1 aliphatic heterocycles. The van der Waals surface area contributed by atoms with Gasteiger partial charge in [-0.3, -0.25) is 4.90 Å². The van der Waals surface area contributed by atoms with Gasteiger partial charge < -0.3 is 14.8 Å². The number of nitrogens with one attached hydrogen (secondary N) is 1. The molecule has 0 saturated carbocycles. The summed E-state index contributed by atoms with van der Waals surface area (Å²) in [4.78, 5) is 24.0. The summed E-state index contributed by atoms with van der Waals surface area (Å²) in [6, 6.07) is 3.72. The number of amides is 2. The first-order chi connectivity index (χ1) is 8.20. The van der Waals surface area contributed by atoms with Crippen LogP contribution in [0.4, 0.5) is 14.6 Å². The number of carbonyl (C=O) groups excluding carboxylic acids is 2. The maximum atomic E-state index is 11.6. The highest BCUT2D eigenvalue weighted by molar-refractivity contribution is 7.14. The molecule has 1 unspecified atom stereocenters. The zero-order valence-corrected chi connectivity index (χ0v) is 10.0. The van der Waals surface area contributed by atoms with Crippen molar-refractivity contribution in [3.05, 3.63) is 17.5 Å². The highest BCUT2D eigenvalue weighted by atomic mass is 32.1. The molecule has 0 spiro atoms. The summed E-state index contributed by atoms with van der Waals surface area (Å²) in [6.07, 6.45) is -1.26. The Hall–Kier alpha value is -1.76. The van der Waals surface area contributed by atoms with Crippen molar-refractivity contribution in [1.82, 2.24) is 5.32 Å². The smallest absolute Gasteiger partial charge is 0.415 e. The molecule has 0 aromatic carbocycles. The van der Waals surface area contributed by atoms with Crippen LogP contribution in [0.3, 0.4) is 0 Å². The molecular weight excluding hydrogens is 244 g/mol. The van der Waals surface area contributed by atoms with Gasteiger partial charge in [-0.25, -0.2) is 9.59 Å². The van der Waals surface area contributed by atoms with Crippen molar-refractivity contribution in [3.8, 4) is 0 Å². The van der Waals surface area contributed by atoms with Crippen molar-refractivity contribution in [3.63, 3.8) is 0 Å². The fraction of sp³-hybridized carbons (Fsp3) is 0.400. The van der Waals surface area contributed by atoms with Crippen LogP contribution in [0.25, 0.3) is 0 Å². The number of alkyl carbamates (subject to hydrolysis) is 1. The van der Waals surface area contributed by atoms with Crippen LogP contribution in [-0.4, -0.2) is 38.5 Å². The molecule has 1 N–H and O–H groups in total. The molecule has 17 heavy (non-hydrogen) atoms. The minimum atomic E-state index is -0.532. The molecule has 2 rings (SSSR count). The van der Waals surface area contributed by atoms with Gasteiger partial charge in [0.25, 0.3) is 0 Å². The quantitative estimate of drug-likeness (QED) is 0.888. The van der Waals surface area contributed by atoms with Gasteiger partial charge in [0, 0.05) is 0 Å². The highest BCUT2D eigenvalue weighted by Crippen LogP contribution is 2.25. The molecule has 2 heterocycles. The van der Waals surface area contributed by atoms with Gasteiger partial charge in [-0.05, 0) is 17.5 Å². The van der Waals surface area contributed by atoms with E-state index in [-0.39, 0.29) is 18.7 Å². The first-order valence-corrected chi connectivity index (χ1v) is 5.92. The molecule has 1 atom stereocenters. The van der Waals surface area contributed by atoms with Crippen LogP contribution in [0.2, 0.25) is 0 Å². The monoisotopic (exact) mass is 256 g/mol. The van der Waals surface area contributed by atoms with Gasteiger partial charge in [0.15, 0.2) is 0 Å². The molecule has 7 heteroatoms. The molecule has 1 fully saturated rings. The fourth-order valence-corrected chi connectivity index (χ4v) is 2.23. The van der Waals surface area contributed by atoms with Crippen LogP contribution in [0.5, 0.6) is 0 Å². The van der Waals surface area contributed by atoms with Crippen molar-refractivity contribution in [2.45, 2.75) is 6.10 Å². The van der Waals surface area contributed by atoms with Crippen LogP contribution in [0.15, 0.2) is 17.5 Å². The zero-order chi connectivity index (χ0) is 12.3. The third kappa shape index (κ3) is 2.68. The van der Waals surface area contributed by atoms with Gasteiger partial charge in [0.05, 0.1) is 20.2 Å². The molecule has 2 amide bonds. The lowest BCUT2D eigenvalue weighted by Gasteiger charge is -2.10. The summed E-state index contributed by atoms with van der Waals surface area (Å²) in [6.45, 7) is 0.684. The van der Waals surface area contributed by atoms with E-state index in [4.69, 9.17) is 4.74 Å². The molecular formula is C10H12N2O4S. The van der Waals surface area contributed by atoms with Crippen LogP contribution in [0, 0.1) is 0 Å². The third-order valence-electron chi connectivity index (χ3n) is 2.31. The molecule has 1 aliphatic rings. The van der Waals surface area contributed by atoms with Gasteiger partial charge in [0.2, 0.25) is 0 Å². The zero-order valence-electron chi connectivity index (χ0n) is 9.21. The van der Waals surface area contributed by atoms with Crippen molar-refractivity contribution in [1.29, 1.82) is 0 Å². The second-order valence-corrected chi connectivity index (χ2v) is 4.37. The molecule has 92 valence electrons. The number of cyclic esters (lactones) is 1. The van der Waals surface area contributed by atoms with E-state index >= 15 is 0 Å². The Balaban J connectivity index is 1.89. The molecule has 1 aromatic heterocycles. The lowest BCUT2D eigenvalue weighted by molar-refractivity contribution is 0.132. The SMILES string of the molecule is COC(=O)NCC1CN(c2cccs2)C(=O)O1. The van der Waals surface area contributed by atoms with Crippen molar-refractivity contribution >= 4 is 28.5 Å². The highest BCUT2D eigenvalue weighted by Gasteiger charge is 2.32. The Morgan fingerprint density at radius 1 is 1.76 bits per heavy atom. The number of carbonyl (C=O) groups is 2. The Bertz CT molecular complexity index is 406. The van der Waals surface area contributed by atoms with Crippen LogP contribution in [-0.2, 0) is 9.47 Å². The second kappa shape index (κ2) is 5.05. The summed E-state index contributed by atoms with van der Waals surface area (Å²) < 4.78 is 9.55. The van der Waals surface area contributed by atoms with E-state index < -0.39 is 6.09 Å². The van der Waals surface area contributed by atoms with E-state index in [2.05, 4.69) is 10.1 Å². The number of thiophene rings is 1. The second-order valence-electron chi connectivity index (χ2n) is 3.44. The lowest BCUT2D eigenvalue weighted by Crippen LogP contribution is -2.34. The van der Waals surface area contributed by atoms with Crippen LogP contribution in [0.1, 0.15) is 0 Å². The number of anilines is 1. The number of methoxy groups -OCH3 is 1. The fourth-order valence-electron chi connectivity index (χ4n) is 1.50. The minimum absolute atomic E-state index is 0.250. The van der Waals surface area contributed by atoms with E-state index in [9.17, 15) is 9.59 Å². The van der Waals surface area contributed by atoms with E-state index in [1.165, 1.54) is 18.4 Å². The third-order valence-corrected chi connectivity index (χ3v) is 3.20. The first-order valence-electron chi connectivity index (χ1n) is 5.04. The predicted octanol–water partition coefficient (Wildman–Crippen LogP) is 1.43. The summed E-state index contributed by atoms with van der Waals surface area (Å²) in [5.41, 5.74) is 0. The van der Waals surface area contributed by atoms with Gasteiger partial charge in [-0.1, -0.05) is 0 Å². The lowest BCUT2D eigenvalue weighted by atomic mass is 10.3. The Morgan fingerprint density at radius 3 is 3.24 bits per heavy atom. The summed E-state index contributed by atoms with van der Waals surface area (Å²) in [7, 11) is 1.29. The molecule has 6 nitrogen and oxygen atoms in total. The van der Waals surface area contributed by atoms with Gasteiger partial charge in [0.1, 0.15) is 11.1 Å². The molecule has 1 saturated heterocycles. The summed E-state index contributed by atoms with van der Waals surface area (Å²) in [5, 5.41) is 5.23. The van der Waals surface area contributed by atoms with E-state index in [0.717, 1.165) is 5.00 Å². The predicted molar refractivity (Wildman–Crippen MR) is 62.3 cm³/mol. The van der Waals surface area contributed by atoms with Crippen molar-refractivity contribution < 1.29 is 19.1 Å². The first kappa shape index (κ1) is 11.7. The van der Waals surface area contributed by atoms with Crippen molar-refractivity contribution in [2.24, 2.45) is 0 Å². The normalized spacial score (nSPS) is 19.0. The summed E-state index contributed by atoms with van der Waals surface area (Å²) >= 11 is 1.47. The van der Waals surface area contributed by atoms with E-state index in [1.807, 2.05) is 17.5 Å². The van der Waals surface area contributed by atoms with Gasteiger partial charge in [-0.2, -0.15) is 0 Å². The number of ether oxygens (including phenoxy) is 2. The van der Waals surface area contributed by atoms with Gasteiger partial charge >= 0.3 is 12.2 Å². The van der Waals surface area contributed by atoms with Crippen LogP contribution < -0.4 is 10.2 Å². The summed E-state index contributed by atoms with van der Waals surface area (Å²) in [5.74, 6) is 0. The average Bonchev–Trinajstić information content (AvgIpc) is 2.94. The number of rotatable bonds is 3. The topological polar surface area (TPSA) is 67.9 Å². The van der Waals surface area contributed by atoms with E-state index in [1.54, 1.807) is 4.90 Å². The largest absolute Gasteiger partial charge is 0.453 e. The molecule has 1 aromatic rings. The van der Waals surface area contributed by atoms with Crippen molar-refractivity contribution in [2.75, 3.05) is 25.1 Å². The number of hydrogen-bond donors (Lipinski definition) is 1. The standard InChI is InChI=1S/C10H12N2O4S/c1-15-9(13)11-5-7-6-12(10(14)16-7)8-3-2-4-17-8/h2-4,7H,5-6H2,1H3,(H,11,13). The Labute approximate surface area is 102 Å². The van der Waals surface area contributed by atoms with E-state index in [0.29, 0.717) is 6.54 Å². The Morgan fingerprint density at radius 2 is 2.59 bits per heavy atom.